The van der Waals surface area contributed by atoms with Gasteiger partial charge in [0.2, 0.25) is 0 Å². The molecule has 0 heterocycles. The average Bonchev–Trinajstić information content (AvgIpc) is 1.92. The van der Waals surface area contributed by atoms with Gasteiger partial charge in [0.15, 0.2) is 0 Å². The monoisotopic (exact) mass is 686 g/mol. The van der Waals surface area contributed by atoms with Crippen LogP contribution in [0, 0.1) is 0 Å². The topological polar surface area (TPSA) is 95.2 Å². The molecule has 4 N–H and O–H groups in total. The maximum atomic E-state index is 6.94. The molecule has 0 fully saturated rings. The zero-order valence-corrected chi connectivity index (χ0v) is 26.1. The fourth-order valence-corrected chi connectivity index (χ4v) is 0. The fraction of sp³-hybridized carbons (Fsp3) is 1.00. The van der Waals surface area contributed by atoms with Crippen LogP contribution in [0.4, 0.5) is 0 Å². The van der Waals surface area contributed by atoms with Crippen molar-refractivity contribution in [3.8, 4) is 0 Å². The fourth-order valence-electron chi connectivity index (χ4n) is 0. The van der Waals surface area contributed by atoms with Gasteiger partial charge in [-0.25, -0.2) is 0 Å². The molecule has 0 aliphatic rings. The predicted octanol–water partition coefficient (Wildman–Crippen LogP) is 6.90. The van der Waals surface area contributed by atoms with Crippen molar-refractivity contribution >= 4 is 79.6 Å². The van der Waals surface area contributed by atoms with Gasteiger partial charge in [0.05, 0.1) is 0 Å². The Morgan fingerprint density at radius 3 is 0.458 bits per heavy atom. The first kappa shape index (κ1) is 45.4. The van der Waals surface area contributed by atoms with E-state index in [4.69, 9.17) is 22.9 Å². The molecule has 0 aromatic carbocycles. The summed E-state index contributed by atoms with van der Waals surface area (Å²) in [6, 6.07) is 0. The van der Waals surface area contributed by atoms with E-state index in [2.05, 4.69) is 8.83 Å². The molecule has 0 rings (SSSR count). The summed E-state index contributed by atoms with van der Waals surface area (Å²) < 4.78 is 0. The van der Waals surface area contributed by atoms with Crippen molar-refractivity contribution in [3.05, 3.63) is 22.9 Å². The van der Waals surface area contributed by atoms with Crippen LogP contribution in [0.5, 0.6) is 0 Å². The third-order valence-electron chi connectivity index (χ3n) is 0. The van der Waals surface area contributed by atoms with Gasteiger partial charge in [-0.2, -0.15) is 0 Å². The van der Waals surface area contributed by atoms with Gasteiger partial charge in [0, 0.05) is 24.4 Å². The van der Waals surface area contributed by atoms with Gasteiger partial charge in [0.1, 0.15) is 0 Å². The van der Waals surface area contributed by atoms with Crippen LogP contribution in [0.15, 0.2) is 0 Å². The molecule has 0 bridgehead atoms. The number of hydrogen-bond donors (Lipinski definition) is 0. The average molecular weight is 689 g/mol. The van der Waals surface area contributed by atoms with E-state index in [9.17, 15) is 0 Å². The molecule has 8 heteroatoms. The van der Waals surface area contributed by atoms with Crippen LogP contribution in [0.25, 0.3) is 22.9 Å². The summed E-state index contributed by atoms with van der Waals surface area (Å²) in [5.41, 5.74) is 26.8. The number of hydrogen-bond acceptors (Lipinski definition) is 0. The summed E-state index contributed by atoms with van der Waals surface area (Å²) in [4.78, 5) is 0. The molecule has 0 spiro atoms. The predicted molar refractivity (Wildman–Crippen MR) is 119 cm³/mol. The number of rotatable bonds is 0. The van der Waals surface area contributed by atoms with Gasteiger partial charge < -0.3 is 22.9 Å². The summed E-state index contributed by atoms with van der Waals surface area (Å²) in [6.45, 7) is 22.3. The molecule has 0 atom stereocenters. The van der Waals surface area contributed by atoms with E-state index in [-0.39, 0.29) is 71.0 Å². The first-order valence-electron chi connectivity index (χ1n) is 7.17. The maximum absolute atomic E-state index is 6.94. The Morgan fingerprint density at radius 1 is 0.458 bits per heavy atom. The van der Waals surface area contributed by atoms with Crippen molar-refractivity contribution in [1.82, 2.24) is 0 Å². The van der Waals surface area contributed by atoms with Crippen molar-refractivity contribution < 1.29 is 0 Å². The molecule has 0 aromatic rings. The van der Waals surface area contributed by atoms with Gasteiger partial charge in [-0.05, 0) is 0 Å². The summed E-state index contributed by atoms with van der Waals surface area (Å²) in [5.74, 6) is 0. The summed E-state index contributed by atoms with van der Waals surface area (Å²) >= 11 is 1.22. The molecule has 7 radical (unpaired) electrons. The molecule has 0 aliphatic heterocycles. The van der Waals surface area contributed by atoms with Gasteiger partial charge in [-0.1, -0.05) is 83.1 Å². The van der Waals surface area contributed by atoms with Gasteiger partial charge >= 0.3 is 55.1 Å². The van der Waals surface area contributed by atoms with E-state index in [1.807, 2.05) is 83.1 Å². The summed E-state index contributed by atoms with van der Waals surface area (Å²) in [5, 5.41) is 0. The summed E-state index contributed by atoms with van der Waals surface area (Å²) in [6.07, 6.45) is 0. The van der Waals surface area contributed by atoms with Crippen molar-refractivity contribution in [1.29, 1.82) is 0 Å². The maximum Gasteiger partial charge on any atom is 3.00 e. The van der Waals surface area contributed by atoms with Crippen LogP contribution in [0.3, 0.4) is 0 Å². The van der Waals surface area contributed by atoms with Gasteiger partial charge in [-0.15, -0.1) is 22.2 Å². The van der Waals surface area contributed by atoms with Crippen LogP contribution >= 0.6 is 8.83 Å². The molecule has 0 amide bonds. The zero-order valence-electron chi connectivity index (χ0n) is 17.7. The first-order valence-corrected chi connectivity index (χ1v) is 10.4. The quantitative estimate of drug-likeness (QED) is 0.248. The molecule has 0 aliphatic carbocycles. The Kier molecular flexibility index (Phi) is 41.4. The van der Waals surface area contributed by atoms with Crippen LogP contribution in [-0.4, -0.2) is 92.9 Å². The van der Waals surface area contributed by atoms with Crippen LogP contribution in [0.2, 0.25) is 0 Å². The second-order valence-electron chi connectivity index (χ2n) is 9.00. The minimum atomic E-state index is -0.250. The third-order valence-corrected chi connectivity index (χ3v) is 0. The minimum absolute atomic E-state index is 0. The molecule has 0 unspecified atom stereocenters. The molecule has 0 aromatic heterocycles. The van der Waals surface area contributed by atoms with Gasteiger partial charge in [-0.3, -0.25) is 0 Å². The molecular formula is C16H40ClN4Sb3-. The Hall–Kier alpha value is 2.58. The second kappa shape index (κ2) is 21.9. The molecule has 4 nitrogen and oxygen atoms in total. The summed E-state index contributed by atoms with van der Waals surface area (Å²) in [7, 11) is 4.69. The van der Waals surface area contributed by atoms with Crippen LogP contribution in [-0.2, 0) is 0 Å². The Bertz CT molecular complexity index is 143. The van der Waals surface area contributed by atoms with E-state index in [0.29, 0.717) is 0 Å². The smallest absolute Gasteiger partial charge is 0 e. The normalized spacial score (nSPS) is 10.2. The molecule has 0 saturated carbocycles. The third kappa shape index (κ3) is 2050. The molecular weight excluding hydrogens is 649 g/mol. The Morgan fingerprint density at radius 2 is 0.458 bits per heavy atom. The van der Waals surface area contributed by atoms with Crippen LogP contribution < -0.4 is 0 Å². The SMILES string of the molecule is CC(C)(C)[NH-].CC(C)(C)[NH-].CC(C)(C)[NH-].CC(C)(C)[NH-].[Cl][Sb].[Sb+3].[Sb]. The molecule has 24 heavy (non-hydrogen) atoms. The minimum Gasteiger partial charge on any atom is 0 e. The largest absolute Gasteiger partial charge is 3.00 e. The Labute approximate surface area is 205 Å². The van der Waals surface area contributed by atoms with E-state index in [1.165, 1.54) is 21.9 Å². The zero-order chi connectivity index (χ0) is 20.0. The van der Waals surface area contributed by atoms with Crippen molar-refractivity contribution in [2.24, 2.45) is 0 Å². The van der Waals surface area contributed by atoms with E-state index in [1.54, 1.807) is 0 Å². The molecule has 0 saturated heterocycles. The number of halogens is 1. The standard InChI is InChI=1S/4C4H10N.ClH.3Sb/c4*1-4(2,3)5;;;;/h4*5H,1-3H3;1H;;;/q4*-1;;;+1;+3/p-1. The van der Waals surface area contributed by atoms with Crippen molar-refractivity contribution in [2.45, 2.75) is 105 Å². The Balaban J connectivity index is -0.0000000302. The van der Waals surface area contributed by atoms with Gasteiger partial charge in [0.25, 0.3) is 0 Å². The second-order valence-corrected chi connectivity index (χ2v) is 9.00. The first-order chi connectivity index (χ1) is 9.00. The van der Waals surface area contributed by atoms with Crippen molar-refractivity contribution in [2.75, 3.05) is 0 Å². The van der Waals surface area contributed by atoms with E-state index in [0.717, 1.165) is 0 Å². The van der Waals surface area contributed by atoms with Crippen molar-refractivity contribution in [3.63, 3.8) is 0 Å². The number of nitrogens with one attached hydrogen (secondary N) is 4. The van der Waals surface area contributed by atoms with E-state index < -0.39 is 0 Å². The molecule has 147 valence electrons. The van der Waals surface area contributed by atoms with E-state index >= 15 is 0 Å². The van der Waals surface area contributed by atoms with Crippen LogP contribution in [0.1, 0.15) is 83.1 Å².